The van der Waals surface area contributed by atoms with E-state index in [0.717, 1.165) is 39.6 Å². The lowest BCUT2D eigenvalue weighted by Gasteiger charge is -2.18. The number of rotatable bonds is 3. The number of fused-ring (bicyclic) bond motifs is 3. The molecule has 0 atom stereocenters. The van der Waals surface area contributed by atoms with Crippen LogP contribution in [0.25, 0.3) is 44.3 Å². The summed E-state index contributed by atoms with van der Waals surface area (Å²) in [5.74, 6) is -0.348. The highest BCUT2D eigenvalue weighted by molar-refractivity contribution is 6.07. The normalized spacial score (nSPS) is 12.0. The fourth-order valence-corrected chi connectivity index (χ4v) is 4.15. The molecule has 0 N–H and O–H groups in total. The number of furan rings is 1. The Kier molecular flexibility index (Phi) is 4.62. The van der Waals surface area contributed by atoms with Crippen molar-refractivity contribution in [3.63, 3.8) is 0 Å². The molecule has 0 bridgehead atoms. The molecule has 2 heterocycles. The van der Waals surface area contributed by atoms with Gasteiger partial charge in [0.25, 0.3) is 0 Å². The van der Waals surface area contributed by atoms with Crippen molar-refractivity contribution in [1.29, 1.82) is 0 Å². The Bertz CT molecular complexity index is 1390. The van der Waals surface area contributed by atoms with Crippen molar-refractivity contribution in [2.24, 2.45) is 5.41 Å². The van der Waals surface area contributed by atoms with Crippen molar-refractivity contribution in [1.82, 2.24) is 4.98 Å². The van der Waals surface area contributed by atoms with Gasteiger partial charge in [-0.25, -0.2) is 4.39 Å². The average Bonchev–Trinajstić information content (AvgIpc) is 3.12. The van der Waals surface area contributed by atoms with E-state index in [1.807, 2.05) is 60.8 Å². The van der Waals surface area contributed by atoms with Crippen molar-refractivity contribution >= 4 is 21.9 Å². The number of benzene rings is 3. The molecule has 0 saturated carbocycles. The minimum absolute atomic E-state index is 0.204. The molecule has 0 radical (unpaired) electrons. The van der Waals surface area contributed by atoms with Gasteiger partial charge in [0.2, 0.25) is 0 Å². The molecule has 154 valence electrons. The highest BCUT2D eigenvalue weighted by Gasteiger charge is 2.16. The van der Waals surface area contributed by atoms with Crippen LogP contribution < -0.4 is 0 Å². The van der Waals surface area contributed by atoms with Crippen molar-refractivity contribution in [2.75, 3.05) is 0 Å². The molecule has 5 rings (SSSR count). The average molecular weight is 410 g/mol. The Balaban J connectivity index is 1.61. The summed E-state index contributed by atoms with van der Waals surface area (Å²) in [4.78, 5) is 4.56. The van der Waals surface area contributed by atoms with Crippen LogP contribution in [0.2, 0.25) is 0 Å². The molecule has 0 amide bonds. The summed E-state index contributed by atoms with van der Waals surface area (Å²) in [6.07, 6.45) is 2.83. The largest absolute Gasteiger partial charge is 0.453 e. The first-order valence-electron chi connectivity index (χ1n) is 10.5. The Labute approximate surface area is 181 Å². The smallest absolute Gasteiger partial charge is 0.171 e. The summed E-state index contributed by atoms with van der Waals surface area (Å²) in [6.45, 7) is 6.68. The van der Waals surface area contributed by atoms with E-state index in [1.54, 1.807) is 6.07 Å². The summed E-state index contributed by atoms with van der Waals surface area (Å²) in [5, 5.41) is 1.69. The molecule has 31 heavy (non-hydrogen) atoms. The first-order chi connectivity index (χ1) is 14.9. The molecule has 0 unspecified atom stereocenters. The molecule has 2 nitrogen and oxygen atoms in total. The van der Waals surface area contributed by atoms with Gasteiger partial charge in [-0.1, -0.05) is 57.2 Å². The standard InChI is InChI=1S/C28H24FNO/c1-28(2,3)17-18-11-12-30-25(13-18)20-9-10-22-23-14-21(19-7-5-4-6-8-19)15-24(29)27(23)31-26(22)16-20/h4-16H,17H2,1-3H3. The van der Waals surface area contributed by atoms with E-state index in [2.05, 4.69) is 37.9 Å². The molecule has 0 fully saturated rings. The fraction of sp³-hybridized carbons (Fsp3) is 0.179. The van der Waals surface area contributed by atoms with E-state index < -0.39 is 0 Å². The molecule has 3 aromatic carbocycles. The van der Waals surface area contributed by atoms with Crippen LogP contribution in [0.5, 0.6) is 0 Å². The quantitative estimate of drug-likeness (QED) is 0.301. The zero-order chi connectivity index (χ0) is 21.6. The van der Waals surface area contributed by atoms with Crippen LogP contribution in [0.4, 0.5) is 4.39 Å². The topological polar surface area (TPSA) is 26.0 Å². The number of halogens is 1. The van der Waals surface area contributed by atoms with Gasteiger partial charge in [0.1, 0.15) is 5.58 Å². The SMILES string of the molecule is CC(C)(C)Cc1ccnc(-c2ccc3c(c2)oc2c(F)cc(-c4ccccc4)cc23)c1. The van der Waals surface area contributed by atoms with E-state index in [-0.39, 0.29) is 11.2 Å². The summed E-state index contributed by atoms with van der Waals surface area (Å²) in [5.41, 5.74) is 6.10. The van der Waals surface area contributed by atoms with E-state index in [9.17, 15) is 4.39 Å². The Morgan fingerprint density at radius 1 is 0.806 bits per heavy atom. The van der Waals surface area contributed by atoms with E-state index in [1.165, 1.54) is 5.56 Å². The molecule has 0 aliphatic rings. The van der Waals surface area contributed by atoms with Crippen molar-refractivity contribution in [2.45, 2.75) is 27.2 Å². The lowest BCUT2D eigenvalue weighted by Crippen LogP contribution is -2.09. The molecule has 2 aromatic heterocycles. The summed E-state index contributed by atoms with van der Waals surface area (Å²) >= 11 is 0. The van der Waals surface area contributed by atoms with Crippen molar-refractivity contribution < 1.29 is 8.81 Å². The molecule has 0 aliphatic heterocycles. The van der Waals surface area contributed by atoms with Gasteiger partial charge in [-0.15, -0.1) is 0 Å². The number of pyridine rings is 1. The van der Waals surface area contributed by atoms with Gasteiger partial charge in [-0.05, 0) is 64.9 Å². The molecule has 3 heteroatoms. The minimum Gasteiger partial charge on any atom is -0.453 e. The number of hydrogen-bond acceptors (Lipinski definition) is 2. The second-order valence-corrected chi connectivity index (χ2v) is 9.30. The van der Waals surface area contributed by atoms with Crippen LogP contribution in [-0.4, -0.2) is 4.98 Å². The first kappa shape index (κ1) is 19.5. The Hall–Kier alpha value is -3.46. The molecular formula is C28H24FNO. The van der Waals surface area contributed by atoms with Gasteiger partial charge in [0.05, 0.1) is 5.69 Å². The van der Waals surface area contributed by atoms with E-state index >= 15 is 0 Å². The zero-order valence-corrected chi connectivity index (χ0v) is 17.9. The van der Waals surface area contributed by atoms with Gasteiger partial charge in [-0.3, -0.25) is 4.98 Å². The van der Waals surface area contributed by atoms with E-state index in [4.69, 9.17) is 4.42 Å². The maximum Gasteiger partial charge on any atom is 0.171 e. The molecule has 0 aliphatic carbocycles. The summed E-state index contributed by atoms with van der Waals surface area (Å²) in [6, 6.07) is 23.6. The van der Waals surface area contributed by atoms with Gasteiger partial charge >= 0.3 is 0 Å². The lowest BCUT2D eigenvalue weighted by molar-refractivity contribution is 0.411. The predicted octanol–water partition coefficient (Wildman–Crippen LogP) is 8.04. The highest BCUT2D eigenvalue weighted by Crippen LogP contribution is 2.36. The first-order valence-corrected chi connectivity index (χ1v) is 10.5. The predicted molar refractivity (Wildman–Crippen MR) is 126 cm³/mol. The van der Waals surface area contributed by atoms with Crippen LogP contribution >= 0.6 is 0 Å². The van der Waals surface area contributed by atoms with Gasteiger partial charge < -0.3 is 4.42 Å². The van der Waals surface area contributed by atoms with Gasteiger partial charge in [-0.2, -0.15) is 0 Å². The number of hydrogen-bond donors (Lipinski definition) is 0. The second kappa shape index (κ2) is 7.35. The van der Waals surface area contributed by atoms with Crippen LogP contribution in [0.3, 0.4) is 0 Å². The molecule has 0 spiro atoms. The molecule has 0 saturated heterocycles. The van der Waals surface area contributed by atoms with Crippen molar-refractivity contribution in [3.05, 3.63) is 90.4 Å². The summed E-state index contributed by atoms with van der Waals surface area (Å²) < 4.78 is 20.8. The highest BCUT2D eigenvalue weighted by atomic mass is 19.1. The number of aromatic nitrogens is 1. The van der Waals surface area contributed by atoms with E-state index in [0.29, 0.717) is 11.2 Å². The molecule has 5 aromatic rings. The zero-order valence-electron chi connectivity index (χ0n) is 17.9. The Morgan fingerprint density at radius 2 is 1.61 bits per heavy atom. The third-order valence-electron chi connectivity index (χ3n) is 5.49. The Morgan fingerprint density at radius 3 is 2.39 bits per heavy atom. The third-order valence-corrected chi connectivity index (χ3v) is 5.49. The molecular weight excluding hydrogens is 385 g/mol. The van der Waals surface area contributed by atoms with Crippen molar-refractivity contribution in [3.8, 4) is 22.4 Å². The fourth-order valence-electron chi connectivity index (χ4n) is 4.15. The lowest BCUT2D eigenvalue weighted by atomic mass is 9.88. The maximum atomic E-state index is 14.9. The van der Waals surface area contributed by atoms with Crippen LogP contribution in [0, 0.1) is 11.2 Å². The van der Waals surface area contributed by atoms with Crippen LogP contribution in [0.1, 0.15) is 26.3 Å². The second-order valence-electron chi connectivity index (χ2n) is 9.30. The van der Waals surface area contributed by atoms with Crippen LogP contribution in [0.15, 0.2) is 83.4 Å². The van der Waals surface area contributed by atoms with Gasteiger partial charge in [0.15, 0.2) is 11.4 Å². The maximum absolute atomic E-state index is 14.9. The summed E-state index contributed by atoms with van der Waals surface area (Å²) in [7, 11) is 0. The third kappa shape index (κ3) is 3.84. The monoisotopic (exact) mass is 409 g/mol. The minimum atomic E-state index is -0.348. The van der Waals surface area contributed by atoms with Gasteiger partial charge in [0, 0.05) is 22.5 Å². The van der Waals surface area contributed by atoms with Crippen LogP contribution in [-0.2, 0) is 6.42 Å². The number of nitrogens with zero attached hydrogens (tertiary/aromatic N) is 1.